The van der Waals surface area contributed by atoms with Gasteiger partial charge in [0.05, 0.1) is 4.47 Å². The van der Waals surface area contributed by atoms with E-state index in [1.54, 1.807) is 0 Å². The van der Waals surface area contributed by atoms with Crippen molar-refractivity contribution in [1.29, 1.82) is 0 Å². The van der Waals surface area contributed by atoms with Crippen LogP contribution in [0.15, 0.2) is 22.7 Å². The Morgan fingerprint density at radius 2 is 2.00 bits per heavy atom. The highest BCUT2D eigenvalue weighted by molar-refractivity contribution is 9.10. The quantitative estimate of drug-likeness (QED) is 0.842. The first-order valence-corrected chi connectivity index (χ1v) is 7.16. The molecule has 1 aliphatic heterocycles. The monoisotopic (exact) mass is 297 g/mol. The van der Waals surface area contributed by atoms with Crippen molar-refractivity contribution in [2.24, 2.45) is 0 Å². The maximum absolute atomic E-state index is 5.83. The first kappa shape index (κ1) is 12.9. The van der Waals surface area contributed by atoms with Crippen LogP contribution in [0.3, 0.4) is 0 Å². The second-order valence-corrected chi connectivity index (χ2v) is 5.54. The number of hydrogen-bond donors (Lipinski definition) is 0. The molecule has 94 valence electrons. The molecule has 0 atom stereocenters. The van der Waals surface area contributed by atoms with Crippen molar-refractivity contribution in [1.82, 2.24) is 4.90 Å². The summed E-state index contributed by atoms with van der Waals surface area (Å²) < 4.78 is 6.88. The van der Waals surface area contributed by atoms with E-state index in [1.807, 2.05) is 6.07 Å². The highest BCUT2D eigenvalue weighted by Crippen LogP contribution is 2.25. The van der Waals surface area contributed by atoms with Gasteiger partial charge in [-0.15, -0.1) is 0 Å². The molecule has 17 heavy (non-hydrogen) atoms. The van der Waals surface area contributed by atoms with Gasteiger partial charge < -0.3 is 4.74 Å². The molecule has 1 aromatic carbocycles. The Balaban J connectivity index is 1.79. The summed E-state index contributed by atoms with van der Waals surface area (Å²) in [5, 5.41) is 0. The molecule has 0 aromatic heterocycles. The lowest BCUT2D eigenvalue weighted by molar-refractivity contribution is 0.183. The minimum atomic E-state index is 0.780. The highest BCUT2D eigenvalue weighted by Gasteiger charge is 2.09. The van der Waals surface area contributed by atoms with Crippen molar-refractivity contribution in [2.45, 2.75) is 26.2 Å². The Bertz CT molecular complexity index is 361. The lowest BCUT2D eigenvalue weighted by atomic mass is 10.1. The summed E-state index contributed by atoms with van der Waals surface area (Å²) in [4.78, 5) is 2.49. The van der Waals surface area contributed by atoms with E-state index in [9.17, 15) is 0 Å². The Morgan fingerprint density at radius 1 is 1.24 bits per heavy atom. The third-order valence-corrected chi connectivity index (χ3v) is 3.86. The highest BCUT2D eigenvalue weighted by atomic mass is 79.9. The predicted octanol–water partition coefficient (Wildman–Crippen LogP) is 3.62. The fourth-order valence-electron chi connectivity index (χ4n) is 2.19. The van der Waals surface area contributed by atoms with Crippen LogP contribution in [0.5, 0.6) is 5.75 Å². The summed E-state index contributed by atoms with van der Waals surface area (Å²) in [5.74, 6) is 0.960. The van der Waals surface area contributed by atoms with Gasteiger partial charge in [0, 0.05) is 6.54 Å². The van der Waals surface area contributed by atoms with Crippen molar-refractivity contribution in [2.75, 3.05) is 26.2 Å². The van der Waals surface area contributed by atoms with Crippen LogP contribution < -0.4 is 4.74 Å². The van der Waals surface area contributed by atoms with Crippen LogP contribution in [0.2, 0.25) is 0 Å². The van der Waals surface area contributed by atoms with Gasteiger partial charge in [0.2, 0.25) is 0 Å². The van der Waals surface area contributed by atoms with E-state index < -0.39 is 0 Å². The van der Waals surface area contributed by atoms with E-state index >= 15 is 0 Å². The summed E-state index contributed by atoms with van der Waals surface area (Å²) in [5.41, 5.74) is 1.24. The molecular weight excluding hydrogens is 278 g/mol. The molecule has 0 unspecified atom stereocenters. The summed E-state index contributed by atoms with van der Waals surface area (Å²) in [6.45, 7) is 6.38. The minimum Gasteiger partial charge on any atom is -0.491 e. The fraction of sp³-hybridized carbons (Fsp3) is 0.571. The van der Waals surface area contributed by atoms with Crippen molar-refractivity contribution in [3.05, 3.63) is 28.2 Å². The van der Waals surface area contributed by atoms with Gasteiger partial charge >= 0.3 is 0 Å². The van der Waals surface area contributed by atoms with E-state index in [0.717, 1.165) is 23.4 Å². The molecular formula is C14H20BrNO. The van der Waals surface area contributed by atoms with Crippen LogP contribution in [-0.2, 0) is 0 Å². The summed E-state index contributed by atoms with van der Waals surface area (Å²) in [6, 6.07) is 6.22. The number of hydrogen-bond acceptors (Lipinski definition) is 2. The number of piperidine rings is 1. The summed E-state index contributed by atoms with van der Waals surface area (Å²) >= 11 is 3.52. The number of likely N-dealkylation sites (tertiary alicyclic amines) is 1. The number of nitrogens with zero attached hydrogens (tertiary/aromatic N) is 1. The zero-order valence-electron chi connectivity index (χ0n) is 10.4. The fourth-order valence-corrected chi connectivity index (χ4v) is 2.55. The lowest BCUT2D eigenvalue weighted by Gasteiger charge is -2.26. The molecule has 0 saturated carbocycles. The molecule has 1 aliphatic rings. The largest absolute Gasteiger partial charge is 0.491 e. The molecule has 3 heteroatoms. The zero-order chi connectivity index (χ0) is 12.1. The normalized spacial score (nSPS) is 17.1. The molecule has 0 amide bonds. The van der Waals surface area contributed by atoms with Crippen LogP contribution in [0.25, 0.3) is 0 Å². The van der Waals surface area contributed by atoms with E-state index in [4.69, 9.17) is 4.74 Å². The SMILES string of the molecule is Cc1ccc(Br)c(OCCN2CCCCC2)c1. The second kappa shape index (κ2) is 6.41. The molecule has 2 rings (SSSR count). The van der Waals surface area contributed by atoms with Crippen molar-refractivity contribution < 1.29 is 4.74 Å². The van der Waals surface area contributed by atoms with Gasteiger partial charge in [0.15, 0.2) is 0 Å². The van der Waals surface area contributed by atoms with E-state index in [2.05, 4.69) is 39.9 Å². The maximum Gasteiger partial charge on any atom is 0.133 e. The minimum absolute atomic E-state index is 0.780. The third kappa shape index (κ3) is 4.00. The van der Waals surface area contributed by atoms with Gasteiger partial charge in [-0.05, 0) is 66.5 Å². The van der Waals surface area contributed by atoms with Gasteiger partial charge in [0.1, 0.15) is 12.4 Å². The molecule has 0 N–H and O–H groups in total. The standard InChI is InChI=1S/C14H20BrNO/c1-12-5-6-13(15)14(11-12)17-10-9-16-7-3-2-4-8-16/h5-6,11H,2-4,7-10H2,1H3. The topological polar surface area (TPSA) is 12.5 Å². The van der Waals surface area contributed by atoms with Crippen LogP contribution in [0.4, 0.5) is 0 Å². The Morgan fingerprint density at radius 3 is 2.76 bits per heavy atom. The maximum atomic E-state index is 5.83. The average molecular weight is 298 g/mol. The Kier molecular flexibility index (Phi) is 4.86. The number of benzene rings is 1. The van der Waals surface area contributed by atoms with Gasteiger partial charge in [0.25, 0.3) is 0 Å². The van der Waals surface area contributed by atoms with Crippen molar-refractivity contribution >= 4 is 15.9 Å². The molecule has 0 radical (unpaired) electrons. The van der Waals surface area contributed by atoms with Crippen molar-refractivity contribution in [3.63, 3.8) is 0 Å². The molecule has 0 spiro atoms. The first-order chi connectivity index (χ1) is 8.25. The molecule has 1 heterocycles. The van der Waals surface area contributed by atoms with E-state index in [0.29, 0.717) is 0 Å². The van der Waals surface area contributed by atoms with Crippen LogP contribution in [0, 0.1) is 6.92 Å². The first-order valence-electron chi connectivity index (χ1n) is 6.37. The Labute approximate surface area is 112 Å². The van der Waals surface area contributed by atoms with E-state index in [1.165, 1.54) is 37.9 Å². The lowest BCUT2D eigenvalue weighted by Crippen LogP contribution is -2.33. The number of halogens is 1. The van der Waals surface area contributed by atoms with E-state index in [-0.39, 0.29) is 0 Å². The van der Waals surface area contributed by atoms with Crippen LogP contribution >= 0.6 is 15.9 Å². The molecule has 1 aromatic rings. The molecule has 0 aliphatic carbocycles. The number of aryl methyl sites for hydroxylation is 1. The Hall–Kier alpha value is -0.540. The summed E-state index contributed by atoms with van der Waals surface area (Å²) in [7, 11) is 0. The zero-order valence-corrected chi connectivity index (χ0v) is 12.0. The molecule has 1 fully saturated rings. The number of rotatable bonds is 4. The van der Waals surface area contributed by atoms with Crippen LogP contribution in [-0.4, -0.2) is 31.1 Å². The second-order valence-electron chi connectivity index (χ2n) is 4.68. The number of ether oxygens (including phenoxy) is 1. The smallest absolute Gasteiger partial charge is 0.133 e. The predicted molar refractivity (Wildman–Crippen MR) is 74.7 cm³/mol. The third-order valence-electron chi connectivity index (χ3n) is 3.20. The van der Waals surface area contributed by atoms with Gasteiger partial charge in [-0.3, -0.25) is 4.90 Å². The van der Waals surface area contributed by atoms with Gasteiger partial charge in [-0.25, -0.2) is 0 Å². The molecule has 2 nitrogen and oxygen atoms in total. The van der Waals surface area contributed by atoms with Gasteiger partial charge in [-0.1, -0.05) is 12.5 Å². The molecule has 1 saturated heterocycles. The van der Waals surface area contributed by atoms with Gasteiger partial charge in [-0.2, -0.15) is 0 Å². The average Bonchev–Trinajstić information content (AvgIpc) is 2.35. The van der Waals surface area contributed by atoms with Crippen LogP contribution in [0.1, 0.15) is 24.8 Å². The molecule has 0 bridgehead atoms. The van der Waals surface area contributed by atoms with Crippen molar-refractivity contribution in [3.8, 4) is 5.75 Å². The summed E-state index contributed by atoms with van der Waals surface area (Å²) in [6.07, 6.45) is 4.07.